The molecule has 2 aromatic carbocycles. The van der Waals surface area contributed by atoms with Crippen LogP contribution in [0.3, 0.4) is 0 Å². The van der Waals surface area contributed by atoms with E-state index in [1.54, 1.807) is 36.4 Å². The van der Waals surface area contributed by atoms with Crippen LogP contribution in [-0.4, -0.2) is 16.1 Å². The zero-order valence-electron chi connectivity index (χ0n) is 17.8. The fraction of sp³-hybridized carbons (Fsp3) is 0.304. The summed E-state index contributed by atoms with van der Waals surface area (Å²) in [6.45, 7) is 7.88. The van der Waals surface area contributed by atoms with Crippen LogP contribution in [0.25, 0.3) is 0 Å². The largest absolute Gasteiger partial charge is 0.491 e. The SMILES string of the molecule is CC(C)Oc1ccc(Nc2ncc(C(F)(F)F)c(Nc3cccc(C(C)C)c3)n2)cc1. The van der Waals surface area contributed by atoms with Gasteiger partial charge in [0.2, 0.25) is 5.95 Å². The van der Waals surface area contributed by atoms with E-state index in [9.17, 15) is 13.2 Å². The van der Waals surface area contributed by atoms with Crippen LogP contribution in [0.1, 0.15) is 44.7 Å². The van der Waals surface area contributed by atoms with E-state index >= 15 is 0 Å². The first-order valence-electron chi connectivity index (χ1n) is 9.97. The Morgan fingerprint density at radius 2 is 1.61 bits per heavy atom. The van der Waals surface area contributed by atoms with Gasteiger partial charge in [0, 0.05) is 17.6 Å². The first kappa shape index (κ1) is 22.4. The van der Waals surface area contributed by atoms with Crippen LogP contribution in [0.5, 0.6) is 5.75 Å². The molecule has 0 spiro atoms. The number of halogens is 3. The highest BCUT2D eigenvalue weighted by molar-refractivity contribution is 5.63. The molecule has 3 rings (SSSR count). The number of nitrogens with zero attached hydrogens (tertiary/aromatic N) is 2. The van der Waals surface area contributed by atoms with Crippen LogP contribution in [0.15, 0.2) is 54.7 Å². The van der Waals surface area contributed by atoms with Gasteiger partial charge < -0.3 is 15.4 Å². The highest BCUT2D eigenvalue weighted by Gasteiger charge is 2.35. The molecule has 1 heterocycles. The zero-order valence-corrected chi connectivity index (χ0v) is 17.8. The van der Waals surface area contributed by atoms with Crippen molar-refractivity contribution < 1.29 is 17.9 Å². The van der Waals surface area contributed by atoms with Crippen LogP contribution in [-0.2, 0) is 6.18 Å². The maximum atomic E-state index is 13.5. The summed E-state index contributed by atoms with van der Waals surface area (Å²) in [7, 11) is 0. The van der Waals surface area contributed by atoms with Crippen LogP contribution in [0, 0.1) is 0 Å². The third kappa shape index (κ3) is 6.10. The maximum absolute atomic E-state index is 13.5. The highest BCUT2D eigenvalue weighted by Crippen LogP contribution is 2.35. The van der Waals surface area contributed by atoms with Gasteiger partial charge in [-0.25, -0.2) is 4.98 Å². The minimum absolute atomic E-state index is 0.0416. The van der Waals surface area contributed by atoms with Crippen LogP contribution in [0.4, 0.5) is 36.3 Å². The number of anilines is 4. The van der Waals surface area contributed by atoms with Gasteiger partial charge in [0.1, 0.15) is 17.1 Å². The topological polar surface area (TPSA) is 59.1 Å². The average Bonchev–Trinajstić information content (AvgIpc) is 2.68. The molecule has 0 aliphatic carbocycles. The number of rotatable bonds is 7. The van der Waals surface area contributed by atoms with Crippen LogP contribution < -0.4 is 15.4 Å². The molecule has 0 fully saturated rings. The van der Waals surface area contributed by atoms with Crippen molar-refractivity contribution >= 4 is 23.1 Å². The molecular weight excluding hydrogens is 405 g/mol. The van der Waals surface area contributed by atoms with Crippen LogP contribution >= 0.6 is 0 Å². The summed E-state index contributed by atoms with van der Waals surface area (Å²) in [6.07, 6.45) is -3.77. The Morgan fingerprint density at radius 3 is 2.23 bits per heavy atom. The van der Waals surface area contributed by atoms with E-state index in [2.05, 4.69) is 20.6 Å². The molecule has 0 unspecified atom stereocenters. The smallest absolute Gasteiger partial charge is 0.421 e. The van der Waals surface area contributed by atoms with Crippen molar-refractivity contribution in [2.45, 2.75) is 45.9 Å². The minimum atomic E-state index is -4.59. The summed E-state index contributed by atoms with van der Waals surface area (Å²) >= 11 is 0. The molecule has 0 saturated carbocycles. The minimum Gasteiger partial charge on any atom is -0.491 e. The average molecular weight is 430 g/mol. The number of ether oxygens (including phenoxy) is 1. The van der Waals surface area contributed by atoms with Gasteiger partial charge in [-0.15, -0.1) is 0 Å². The van der Waals surface area contributed by atoms with Gasteiger partial charge in [-0.3, -0.25) is 0 Å². The van der Waals surface area contributed by atoms with Gasteiger partial charge in [0.15, 0.2) is 0 Å². The van der Waals surface area contributed by atoms with Gasteiger partial charge in [0.25, 0.3) is 0 Å². The number of nitrogens with one attached hydrogen (secondary N) is 2. The fourth-order valence-electron chi connectivity index (χ4n) is 2.88. The summed E-state index contributed by atoms with van der Waals surface area (Å²) in [5.41, 5.74) is 1.23. The first-order valence-corrected chi connectivity index (χ1v) is 9.97. The molecule has 164 valence electrons. The first-order chi connectivity index (χ1) is 14.6. The predicted molar refractivity (Wildman–Crippen MR) is 116 cm³/mol. The summed E-state index contributed by atoms with van der Waals surface area (Å²) in [5.74, 6) is 0.675. The second-order valence-corrected chi connectivity index (χ2v) is 7.67. The van der Waals surface area contributed by atoms with Crippen molar-refractivity contribution in [1.82, 2.24) is 9.97 Å². The second kappa shape index (κ2) is 9.24. The Bertz CT molecular complexity index is 1020. The van der Waals surface area contributed by atoms with E-state index in [1.807, 2.05) is 39.8 Å². The van der Waals surface area contributed by atoms with Crippen molar-refractivity contribution in [2.75, 3.05) is 10.6 Å². The van der Waals surface area contributed by atoms with Crippen molar-refractivity contribution in [1.29, 1.82) is 0 Å². The fourth-order valence-corrected chi connectivity index (χ4v) is 2.88. The van der Waals surface area contributed by atoms with E-state index in [0.717, 1.165) is 11.8 Å². The molecule has 5 nitrogen and oxygen atoms in total. The Hall–Kier alpha value is -3.29. The normalized spacial score (nSPS) is 11.6. The number of hydrogen-bond acceptors (Lipinski definition) is 5. The second-order valence-electron chi connectivity index (χ2n) is 7.67. The molecule has 31 heavy (non-hydrogen) atoms. The van der Waals surface area contributed by atoms with Gasteiger partial charge in [0.05, 0.1) is 6.10 Å². The molecule has 0 atom stereocenters. The predicted octanol–water partition coefficient (Wildman–Crippen LogP) is 6.89. The molecule has 8 heteroatoms. The van der Waals surface area contributed by atoms with E-state index in [-0.39, 0.29) is 23.8 Å². The Labute approximate surface area is 179 Å². The molecule has 0 aliphatic rings. The third-order valence-corrected chi connectivity index (χ3v) is 4.39. The summed E-state index contributed by atoms with van der Waals surface area (Å²) in [6, 6.07) is 14.3. The Balaban J connectivity index is 1.87. The summed E-state index contributed by atoms with van der Waals surface area (Å²) in [4.78, 5) is 7.94. The molecule has 1 aromatic heterocycles. The number of aromatic nitrogens is 2. The van der Waals surface area contributed by atoms with Gasteiger partial charge in [-0.2, -0.15) is 18.2 Å². The van der Waals surface area contributed by atoms with E-state index in [1.165, 1.54) is 0 Å². The molecule has 0 bridgehead atoms. The molecule has 2 N–H and O–H groups in total. The van der Waals surface area contributed by atoms with Gasteiger partial charge in [-0.1, -0.05) is 26.0 Å². The summed E-state index contributed by atoms with van der Waals surface area (Å²) in [5, 5.41) is 5.73. The number of benzene rings is 2. The molecule has 0 aliphatic heterocycles. The number of alkyl halides is 3. The lowest BCUT2D eigenvalue weighted by Crippen LogP contribution is -2.12. The lowest BCUT2D eigenvalue weighted by Gasteiger charge is -2.16. The van der Waals surface area contributed by atoms with E-state index in [4.69, 9.17) is 4.74 Å². The molecule has 3 aromatic rings. The monoisotopic (exact) mass is 430 g/mol. The quantitative estimate of drug-likeness (QED) is 0.427. The van der Waals surface area contributed by atoms with Crippen molar-refractivity contribution in [3.05, 3.63) is 65.9 Å². The summed E-state index contributed by atoms with van der Waals surface area (Å²) < 4.78 is 46.1. The Morgan fingerprint density at radius 1 is 0.903 bits per heavy atom. The lowest BCUT2D eigenvalue weighted by atomic mass is 10.0. The third-order valence-electron chi connectivity index (χ3n) is 4.39. The van der Waals surface area contributed by atoms with E-state index in [0.29, 0.717) is 17.1 Å². The number of hydrogen-bond donors (Lipinski definition) is 2. The molecule has 0 amide bonds. The molecule has 0 radical (unpaired) electrons. The van der Waals surface area contributed by atoms with Crippen molar-refractivity contribution in [3.8, 4) is 5.75 Å². The zero-order chi connectivity index (χ0) is 22.6. The Kier molecular flexibility index (Phi) is 6.68. The molecule has 0 saturated heterocycles. The highest BCUT2D eigenvalue weighted by atomic mass is 19.4. The maximum Gasteiger partial charge on any atom is 0.421 e. The molecular formula is C23H25F3N4O. The van der Waals surface area contributed by atoms with Gasteiger partial charge in [-0.05, 0) is 61.7 Å². The van der Waals surface area contributed by atoms with Crippen molar-refractivity contribution in [2.24, 2.45) is 0 Å². The lowest BCUT2D eigenvalue weighted by molar-refractivity contribution is -0.137. The van der Waals surface area contributed by atoms with Crippen molar-refractivity contribution in [3.63, 3.8) is 0 Å². The van der Waals surface area contributed by atoms with Gasteiger partial charge >= 0.3 is 6.18 Å². The van der Waals surface area contributed by atoms with E-state index < -0.39 is 11.7 Å². The van der Waals surface area contributed by atoms with Crippen LogP contribution in [0.2, 0.25) is 0 Å². The standard InChI is InChI=1S/C23H25F3N4O/c1-14(2)16-6-5-7-18(12-16)28-21-20(23(24,25)26)13-27-22(30-21)29-17-8-10-19(11-9-17)31-15(3)4/h5-15H,1-4H3,(H2,27,28,29,30).